The molecule has 0 unspecified atom stereocenters. The second kappa shape index (κ2) is 50.7. The van der Waals surface area contributed by atoms with Crippen LogP contribution in [0.2, 0.25) is 0 Å². The Labute approximate surface area is 695 Å². The van der Waals surface area contributed by atoms with Crippen LogP contribution in [0.3, 0.4) is 0 Å². The van der Waals surface area contributed by atoms with Crippen LogP contribution in [-0.4, -0.2) is 321 Å². The number of carboxylic acid groups (broad SMARTS) is 3. The van der Waals surface area contributed by atoms with Crippen molar-refractivity contribution in [2.45, 2.75) is 197 Å². The van der Waals surface area contributed by atoms with Crippen LogP contribution < -0.4 is 52.0 Å². The summed E-state index contributed by atoms with van der Waals surface area (Å²) in [4.78, 5) is 183. The molecule has 6 amide bonds. The number of aliphatic carboxylic acids is 3. The monoisotopic (exact) mass is 1740 g/mol. The molecule has 0 aromatic heterocycles. The Kier molecular flexibility index (Phi) is 41.6. The summed E-state index contributed by atoms with van der Waals surface area (Å²) >= 11 is 0. The van der Waals surface area contributed by atoms with Crippen molar-refractivity contribution < 1.29 is 190 Å². The van der Waals surface area contributed by atoms with E-state index in [4.69, 9.17) is 62.7 Å². The summed E-state index contributed by atoms with van der Waals surface area (Å²) in [5, 5.41) is 137. The molecule has 0 saturated carbocycles. The number of benzene rings is 3. The average molecular weight is 1740 g/mol. The van der Waals surface area contributed by atoms with Gasteiger partial charge in [0.25, 0.3) is 11.8 Å². The van der Waals surface area contributed by atoms with Gasteiger partial charge in [0.2, 0.25) is 42.5 Å². The molecule has 122 heavy (non-hydrogen) atoms. The van der Waals surface area contributed by atoms with Crippen LogP contribution in [0.15, 0.2) is 54.6 Å². The van der Waals surface area contributed by atoms with Gasteiger partial charge < -0.3 is 155 Å². The van der Waals surface area contributed by atoms with E-state index < -0.39 is 213 Å². The van der Waals surface area contributed by atoms with E-state index >= 15 is 0 Å². The fourth-order valence-corrected chi connectivity index (χ4v) is 12.1. The van der Waals surface area contributed by atoms with Crippen LogP contribution in [0, 0.1) is 5.92 Å². The molecule has 0 aliphatic carbocycles. The van der Waals surface area contributed by atoms with Crippen molar-refractivity contribution in [1.82, 2.24) is 31.9 Å². The summed E-state index contributed by atoms with van der Waals surface area (Å²) < 4.78 is 64.2. The number of ketones is 2. The van der Waals surface area contributed by atoms with E-state index in [2.05, 4.69) is 36.7 Å². The number of aliphatic hydroxyl groups excluding tert-OH is 9. The standard InChI is InChI=1S/C76H103N7O39/c1-37(84)113-31-40-12-15-50(117-74-62(98)56(92)59(95)65(120-74)71(104)105)44(27-40)48(87)11-8-23-110-34-53(89)78-18-6-4-9-43(68(101)80-22-26-116-77)30-49(88)47(83-55(91)36-112-25-21-82-70(103)46-29-42(33-115-39(3)86)14-17-52(46)119-76-64(100)58(94)61(97)67(122-76)73(108)109)10-5-7-19-79-54(90)35-111-24-20-81-69(102)45-28-41(32-114-38(2)85)13-16-51(45)118-75-63(99)57(93)60(96)66(121-75)72(106)107/h12-17,27-29,43,47,56-67,74-76,92-100H,4-11,18-26,30-36,77H2,1-3H3,(H,78,89)(H,79,90)(H,80,101)(H,81,102)(H,82,103)(H,83,91)(H,104,105)(H,106,107)(H,108,109)/t43-,47+,56+,57+,58+,59+,60+,61+,62-,63-,64-,65+,66+,67+,74-,75-,76-/m1/s1. The lowest BCUT2D eigenvalue weighted by molar-refractivity contribution is -0.271. The zero-order valence-electron chi connectivity index (χ0n) is 66.4. The molecule has 3 aliphatic heterocycles. The first kappa shape index (κ1) is 100. The molecular weight excluding hydrogens is 1630 g/mol. The van der Waals surface area contributed by atoms with Crippen LogP contribution in [0.4, 0.5) is 0 Å². The lowest BCUT2D eigenvalue weighted by Gasteiger charge is -2.38. The van der Waals surface area contributed by atoms with Crippen molar-refractivity contribution in [3.8, 4) is 17.2 Å². The third-order valence-electron chi connectivity index (χ3n) is 18.5. The van der Waals surface area contributed by atoms with Crippen molar-refractivity contribution in [1.29, 1.82) is 0 Å². The van der Waals surface area contributed by atoms with Gasteiger partial charge in [0.1, 0.15) is 112 Å². The van der Waals surface area contributed by atoms with Crippen molar-refractivity contribution >= 4 is 82.8 Å². The van der Waals surface area contributed by atoms with Gasteiger partial charge in [0.05, 0.1) is 42.6 Å². The summed E-state index contributed by atoms with van der Waals surface area (Å²) in [5.74, 6) is -9.32. The quantitative estimate of drug-likeness (QED) is 0.00823. The lowest BCUT2D eigenvalue weighted by Crippen LogP contribution is -2.61. The zero-order chi connectivity index (χ0) is 89.9. The molecule has 20 N–H and O–H groups in total. The minimum Gasteiger partial charge on any atom is -0.479 e. The number of unbranched alkanes of at least 4 members (excludes halogenated alkanes) is 2. The molecule has 46 heteroatoms. The summed E-state index contributed by atoms with van der Waals surface area (Å²) in [7, 11) is 0. The fourth-order valence-electron chi connectivity index (χ4n) is 12.1. The second-order valence-electron chi connectivity index (χ2n) is 27.9. The van der Waals surface area contributed by atoms with Gasteiger partial charge >= 0.3 is 35.8 Å². The number of carboxylic acids is 3. The number of amides is 6. The third kappa shape index (κ3) is 32.0. The number of hydrogen-bond donors (Lipinski definition) is 19. The topological polar surface area (TPSA) is 700 Å². The minimum absolute atomic E-state index is 0.00275. The smallest absolute Gasteiger partial charge is 0.335 e. The number of nitrogens with one attached hydrogen (secondary N) is 6. The van der Waals surface area contributed by atoms with E-state index in [-0.39, 0.29) is 175 Å². The van der Waals surface area contributed by atoms with Crippen molar-refractivity contribution in [3.63, 3.8) is 0 Å². The van der Waals surface area contributed by atoms with E-state index in [1.165, 1.54) is 54.6 Å². The second-order valence-corrected chi connectivity index (χ2v) is 27.9. The Balaban J connectivity index is 1.04. The maximum atomic E-state index is 14.4. The number of rotatable bonds is 52. The van der Waals surface area contributed by atoms with Crippen molar-refractivity contribution in [2.75, 3.05) is 79.0 Å². The molecule has 676 valence electrons. The van der Waals surface area contributed by atoms with Crippen LogP contribution in [0.5, 0.6) is 17.2 Å². The Hall–Kier alpha value is -10.6. The highest BCUT2D eigenvalue weighted by molar-refractivity contribution is 5.99. The van der Waals surface area contributed by atoms with Crippen LogP contribution >= 0.6 is 0 Å². The highest BCUT2D eigenvalue weighted by Crippen LogP contribution is 2.33. The molecule has 3 aromatic rings. The number of hydrogen-bond acceptors (Lipinski definition) is 37. The summed E-state index contributed by atoms with van der Waals surface area (Å²) in [6.45, 7) is -0.585. The number of esters is 3. The Morgan fingerprint density at radius 1 is 0.410 bits per heavy atom. The molecule has 3 fully saturated rings. The Morgan fingerprint density at radius 3 is 1.17 bits per heavy atom. The molecule has 17 atom stereocenters. The number of nitrogens with two attached hydrogens (primary N) is 1. The number of ether oxygens (including phenoxy) is 12. The molecule has 0 bridgehead atoms. The van der Waals surface area contributed by atoms with Gasteiger partial charge in [0.15, 0.2) is 29.9 Å². The number of aliphatic hydroxyl groups is 9. The SMILES string of the molecule is CC(=O)OCc1ccc(O[C@@H]2O[C@H](C(=O)O)[C@@H](O)[C@H](O)[C@H]2O)c(C(=O)CCCOCC(=O)NCCCC[C@H](CC(=O)[C@H](CCCCNC(=O)COCCNC(=O)c2cc(COC(C)=O)ccc2O[C@@H]2O[C@H](C(=O)O)[C@@H](O)[C@H](O)[C@H]2O)NC(=O)COCCNC(=O)c2cc(COC(C)=O)ccc2O[C@@H]2O[C@H](C(=O)O)[C@@H](O)[C@H](O)[C@H]2O)C(=O)NCCON)c1. The van der Waals surface area contributed by atoms with Gasteiger partial charge in [-0.25, -0.2) is 20.3 Å². The van der Waals surface area contributed by atoms with Gasteiger partial charge in [-0.15, -0.1) is 0 Å². The highest BCUT2D eigenvalue weighted by Gasteiger charge is 2.51. The van der Waals surface area contributed by atoms with E-state index in [9.17, 15) is 128 Å². The van der Waals surface area contributed by atoms with Crippen LogP contribution in [0.1, 0.15) is 126 Å². The third-order valence-corrected chi connectivity index (χ3v) is 18.5. The van der Waals surface area contributed by atoms with Gasteiger partial charge in [-0.2, -0.15) is 0 Å². The van der Waals surface area contributed by atoms with Gasteiger partial charge in [-0.05, 0) is 91.6 Å². The maximum Gasteiger partial charge on any atom is 0.335 e. The van der Waals surface area contributed by atoms with Gasteiger partial charge in [-0.1, -0.05) is 24.6 Å². The molecule has 6 rings (SSSR count). The minimum atomic E-state index is -2.07. The molecule has 3 aliphatic rings. The Morgan fingerprint density at radius 2 is 0.779 bits per heavy atom. The lowest BCUT2D eigenvalue weighted by atomic mass is 9.91. The summed E-state index contributed by atoms with van der Waals surface area (Å²) in [6, 6.07) is 10.3. The van der Waals surface area contributed by atoms with E-state index in [0.717, 1.165) is 20.8 Å². The fraction of sp³-hybridized carbons (Fsp3) is 0.579. The molecule has 3 heterocycles. The molecular formula is C76H103N7O39. The number of Topliss-reactive ketones (excluding diaryl/α,β-unsaturated/α-hetero) is 2. The van der Waals surface area contributed by atoms with E-state index in [0.29, 0.717) is 5.56 Å². The predicted octanol–water partition coefficient (Wildman–Crippen LogP) is -5.80. The van der Waals surface area contributed by atoms with Crippen LogP contribution in [0.25, 0.3) is 0 Å². The Bertz CT molecular complexity index is 4060. The molecule has 3 aromatic carbocycles. The van der Waals surface area contributed by atoms with Crippen molar-refractivity contribution in [3.05, 3.63) is 88.0 Å². The van der Waals surface area contributed by atoms with Crippen molar-refractivity contribution in [2.24, 2.45) is 11.8 Å². The molecule has 3 saturated heterocycles. The summed E-state index contributed by atoms with van der Waals surface area (Å²) in [5.41, 5.74) is 0.198. The molecule has 0 spiro atoms. The average Bonchev–Trinajstić information content (AvgIpc) is 0.801. The normalized spacial score (nSPS) is 22.9. The van der Waals surface area contributed by atoms with E-state index in [1.807, 2.05) is 0 Å². The number of carbonyl (C=O) groups excluding carboxylic acids is 11. The predicted molar refractivity (Wildman–Crippen MR) is 403 cm³/mol. The highest BCUT2D eigenvalue weighted by atomic mass is 16.7. The first-order valence-electron chi connectivity index (χ1n) is 38.3. The maximum absolute atomic E-state index is 14.4. The van der Waals surface area contributed by atoms with E-state index in [1.54, 1.807) is 0 Å². The largest absolute Gasteiger partial charge is 0.479 e. The summed E-state index contributed by atoms with van der Waals surface area (Å²) in [6.07, 6.45) is -29.9. The first-order valence-corrected chi connectivity index (χ1v) is 38.3. The van der Waals surface area contributed by atoms with Gasteiger partial charge in [-0.3, -0.25) is 52.7 Å². The van der Waals surface area contributed by atoms with Crippen LogP contribution in [-0.2, 0) is 120 Å². The zero-order valence-corrected chi connectivity index (χ0v) is 66.4. The first-order chi connectivity index (χ1) is 58.0. The van der Waals surface area contributed by atoms with Gasteiger partial charge in [0, 0.05) is 78.9 Å². The molecule has 46 nitrogen and oxygen atoms in total. The number of carbonyl (C=O) groups is 14. The molecule has 0 radical (unpaired) electrons.